The summed E-state index contributed by atoms with van der Waals surface area (Å²) in [5.74, 6) is 0.290. The summed E-state index contributed by atoms with van der Waals surface area (Å²) >= 11 is 0. The molecule has 5 heteroatoms. The van der Waals surface area contributed by atoms with Crippen LogP contribution in [0, 0.1) is 17.1 Å². The first-order valence-corrected chi connectivity index (χ1v) is 7.05. The van der Waals surface area contributed by atoms with Gasteiger partial charge in [0.05, 0.1) is 11.6 Å². The molecule has 17 heavy (non-hydrogen) atoms. The molecule has 0 bridgehead atoms. The number of hydrogen-bond acceptors (Lipinski definition) is 3. The van der Waals surface area contributed by atoms with Crippen molar-refractivity contribution in [3.05, 3.63) is 35.1 Å². The van der Waals surface area contributed by atoms with Crippen LogP contribution in [0.4, 0.5) is 4.39 Å². The fourth-order valence-corrected chi connectivity index (χ4v) is 1.93. The largest absolute Gasteiger partial charge is 0.313 e. The van der Waals surface area contributed by atoms with Crippen LogP contribution in [-0.4, -0.2) is 22.8 Å². The van der Waals surface area contributed by atoms with Crippen molar-refractivity contribution >= 4 is 10.8 Å². The van der Waals surface area contributed by atoms with Crippen molar-refractivity contribution in [2.75, 3.05) is 18.6 Å². The molecule has 0 radical (unpaired) electrons. The number of hydrogen-bond donors (Lipinski definition) is 1. The fourth-order valence-electron chi connectivity index (χ4n) is 1.38. The average molecular weight is 254 g/mol. The quantitative estimate of drug-likeness (QED) is 0.784. The molecule has 0 amide bonds. The second-order valence-electron chi connectivity index (χ2n) is 3.73. The van der Waals surface area contributed by atoms with Crippen molar-refractivity contribution in [1.82, 2.24) is 5.32 Å². The van der Waals surface area contributed by atoms with Crippen LogP contribution in [0.2, 0.25) is 0 Å². The first kappa shape index (κ1) is 13.8. The molecule has 1 unspecified atom stereocenters. The average Bonchev–Trinajstić information content (AvgIpc) is 2.30. The molecule has 0 spiro atoms. The van der Waals surface area contributed by atoms with Gasteiger partial charge in [-0.2, -0.15) is 5.26 Å². The van der Waals surface area contributed by atoms with Gasteiger partial charge >= 0.3 is 0 Å². The van der Waals surface area contributed by atoms with Gasteiger partial charge < -0.3 is 5.32 Å². The number of nitrogens with one attached hydrogen (secondary N) is 1. The molecule has 1 atom stereocenters. The number of halogens is 1. The Labute approximate surface area is 103 Å². The molecule has 0 aliphatic rings. The summed E-state index contributed by atoms with van der Waals surface area (Å²) in [6.45, 7) is 1.13. The van der Waals surface area contributed by atoms with Crippen LogP contribution in [0.5, 0.6) is 0 Å². The summed E-state index contributed by atoms with van der Waals surface area (Å²) in [5, 5.41) is 11.7. The Hall–Kier alpha value is -1.25. The molecule has 0 saturated carbocycles. The fraction of sp³-hybridized carbons (Fsp3) is 0.417. The van der Waals surface area contributed by atoms with Gasteiger partial charge in [0.15, 0.2) is 0 Å². The van der Waals surface area contributed by atoms with Crippen LogP contribution in [0.1, 0.15) is 17.5 Å². The van der Waals surface area contributed by atoms with E-state index in [1.165, 1.54) is 6.07 Å². The Kier molecular flexibility index (Phi) is 5.81. The van der Waals surface area contributed by atoms with E-state index in [4.69, 9.17) is 5.26 Å². The molecule has 0 aliphatic heterocycles. The smallest absolute Gasteiger partial charge is 0.129 e. The summed E-state index contributed by atoms with van der Waals surface area (Å²) in [5.41, 5.74) is 0.870. The first-order valence-electron chi connectivity index (χ1n) is 5.32. The van der Waals surface area contributed by atoms with Crippen molar-refractivity contribution < 1.29 is 8.60 Å². The van der Waals surface area contributed by atoms with E-state index in [1.807, 2.05) is 6.07 Å². The number of rotatable bonds is 6. The zero-order valence-electron chi connectivity index (χ0n) is 9.70. The van der Waals surface area contributed by atoms with Gasteiger partial charge in [0.2, 0.25) is 0 Å². The summed E-state index contributed by atoms with van der Waals surface area (Å²) in [6.07, 6.45) is 2.47. The molecule has 0 fully saturated rings. The van der Waals surface area contributed by atoms with Gasteiger partial charge in [-0.15, -0.1) is 0 Å². The predicted molar refractivity (Wildman–Crippen MR) is 66.4 cm³/mol. The lowest BCUT2D eigenvalue weighted by Crippen LogP contribution is -2.17. The van der Waals surface area contributed by atoms with Gasteiger partial charge in [-0.1, -0.05) is 6.07 Å². The molecule has 0 heterocycles. The Balaban J connectivity index is 2.37. The van der Waals surface area contributed by atoms with Crippen molar-refractivity contribution in [3.63, 3.8) is 0 Å². The van der Waals surface area contributed by atoms with Crippen LogP contribution >= 0.6 is 0 Å². The lowest BCUT2D eigenvalue weighted by molar-refractivity contribution is 0.586. The third kappa shape index (κ3) is 5.07. The minimum Gasteiger partial charge on any atom is -0.313 e. The van der Waals surface area contributed by atoms with Gasteiger partial charge in [-0.3, -0.25) is 4.21 Å². The maximum Gasteiger partial charge on any atom is 0.129 e. The maximum atomic E-state index is 13.4. The standard InChI is InChI=1S/C12H15FN2OS/c1-17(16)6-2-5-15-9-11-4-3-10(8-14)7-12(11)13/h3-4,7,15H,2,5-6,9H2,1H3. The van der Waals surface area contributed by atoms with Gasteiger partial charge in [0, 0.05) is 34.9 Å². The molecule has 1 N–H and O–H groups in total. The topological polar surface area (TPSA) is 52.9 Å². The number of nitrogens with zero attached hydrogens (tertiary/aromatic N) is 1. The Morgan fingerprint density at radius 3 is 2.88 bits per heavy atom. The van der Waals surface area contributed by atoms with E-state index >= 15 is 0 Å². The maximum absolute atomic E-state index is 13.4. The summed E-state index contributed by atoms with van der Waals surface area (Å²) < 4.78 is 24.2. The SMILES string of the molecule is CS(=O)CCCNCc1ccc(C#N)cc1F. The lowest BCUT2D eigenvalue weighted by Gasteiger charge is -2.05. The van der Waals surface area contributed by atoms with Crippen LogP contribution in [-0.2, 0) is 17.3 Å². The molecular formula is C12H15FN2OS. The number of benzene rings is 1. The Morgan fingerprint density at radius 2 is 2.29 bits per heavy atom. The van der Waals surface area contributed by atoms with E-state index in [-0.39, 0.29) is 5.82 Å². The molecule has 1 aromatic rings. The van der Waals surface area contributed by atoms with Gasteiger partial charge in [0.25, 0.3) is 0 Å². The zero-order valence-corrected chi connectivity index (χ0v) is 10.5. The van der Waals surface area contributed by atoms with Crippen molar-refractivity contribution in [3.8, 4) is 6.07 Å². The molecule has 3 nitrogen and oxygen atoms in total. The highest BCUT2D eigenvalue weighted by Gasteiger charge is 2.02. The Bertz CT molecular complexity index is 443. The Morgan fingerprint density at radius 1 is 1.53 bits per heavy atom. The minimum atomic E-state index is -0.772. The van der Waals surface area contributed by atoms with Crippen LogP contribution in [0.25, 0.3) is 0 Å². The second-order valence-corrected chi connectivity index (χ2v) is 5.28. The highest BCUT2D eigenvalue weighted by Crippen LogP contribution is 2.09. The van der Waals surface area contributed by atoms with E-state index in [2.05, 4.69) is 5.32 Å². The van der Waals surface area contributed by atoms with Gasteiger partial charge in [-0.05, 0) is 25.1 Å². The second kappa shape index (κ2) is 7.15. The van der Waals surface area contributed by atoms with E-state index < -0.39 is 10.8 Å². The summed E-state index contributed by atoms with van der Waals surface area (Å²) in [6, 6.07) is 6.33. The third-order valence-corrected chi connectivity index (χ3v) is 3.15. The normalized spacial score (nSPS) is 12.1. The van der Waals surface area contributed by atoms with Crippen LogP contribution in [0.3, 0.4) is 0 Å². The van der Waals surface area contributed by atoms with Gasteiger partial charge in [-0.25, -0.2) is 4.39 Å². The predicted octanol–water partition coefficient (Wildman–Crippen LogP) is 1.56. The van der Waals surface area contributed by atoms with Gasteiger partial charge in [0.1, 0.15) is 5.82 Å². The number of nitriles is 1. The monoisotopic (exact) mass is 254 g/mol. The molecule has 0 aromatic heterocycles. The van der Waals surface area contributed by atoms with E-state index in [0.717, 1.165) is 6.42 Å². The summed E-state index contributed by atoms with van der Waals surface area (Å²) in [7, 11) is -0.772. The first-order chi connectivity index (χ1) is 8.13. The van der Waals surface area contributed by atoms with Crippen molar-refractivity contribution in [2.24, 2.45) is 0 Å². The van der Waals surface area contributed by atoms with Crippen molar-refractivity contribution in [1.29, 1.82) is 5.26 Å². The molecular weight excluding hydrogens is 239 g/mol. The molecule has 0 aliphatic carbocycles. The highest BCUT2D eigenvalue weighted by atomic mass is 32.2. The van der Waals surface area contributed by atoms with Crippen LogP contribution in [0.15, 0.2) is 18.2 Å². The van der Waals surface area contributed by atoms with E-state index in [1.54, 1.807) is 18.4 Å². The molecule has 1 rings (SSSR count). The van der Waals surface area contributed by atoms with Crippen molar-refractivity contribution in [2.45, 2.75) is 13.0 Å². The van der Waals surface area contributed by atoms with E-state index in [9.17, 15) is 8.60 Å². The third-order valence-electron chi connectivity index (χ3n) is 2.28. The summed E-state index contributed by atoms with van der Waals surface area (Å²) in [4.78, 5) is 0. The minimum absolute atomic E-state index is 0.327. The zero-order chi connectivity index (χ0) is 12.7. The molecule has 92 valence electrons. The van der Waals surface area contributed by atoms with E-state index in [0.29, 0.717) is 30.0 Å². The lowest BCUT2D eigenvalue weighted by atomic mass is 10.1. The highest BCUT2D eigenvalue weighted by molar-refractivity contribution is 7.84. The molecule has 0 saturated heterocycles. The molecule has 1 aromatic carbocycles. The van der Waals surface area contributed by atoms with Crippen LogP contribution < -0.4 is 5.32 Å².